The van der Waals surface area contributed by atoms with Gasteiger partial charge in [0, 0.05) is 36.5 Å². The maximum Gasteiger partial charge on any atom is 0.277 e. The molecule has 0 atom stereocenters. The minimum Gasteiger partial charge on any atom is -0.493 e. The Kier molecular flexibility index (Phi) is 9.65. The van der Waals surface area contributed by atoms with Crippen molar-refractivity contribution in [3.8, 4) is 11.5 Å². The van der Waals surface area contributed by atoms with E-state index in [1.54, 1.807) is 30.3 Å². The molecule has 0 saturated heterocycles. The van der Waals surface area contributed by atoms with Gasteiger partial charge < -0.3 is 14.4 Å². The number of benzene rings is 2. The van der Waals surface area contributed by atoms with Crippen LogP contribution in [0.25, 0.3) is 0 Å². The summed E-state index contributed by atoms with van der Waals surface area (Å²) in [5.74, 6) is 1.29. The largest absolute Gasteiger partial charge is 0.493 e. The molecule has 0 saturated carbocycles. The smallest absolute Gasteiger partial charge is 0.277 e. The van der Waals surface area contributed by atoms with Crippen molar-refractivity contribution in [3.05, 3.63) is 58.1 Å². The van der Waals surface area contributed by atoms with Crippen LogP contribution in [0.5, 0.6) is 11.5 Å². The Bertz CT molecular complexity index is 965. The molecule has 0 aliphatic rings. The molecule has 178 valence electrons. The third-order valence-electron chi connectivity index (χ3n) is 4.55. The summed E-state index contributed by atoms with van der Waals surface area (Å²) in [5, 5.41) is 15.3. The molecule has 0 spiro atoms. The quantitative estimate of drug-likeness (QED) is 0.291. The highest BCUT2D eigenvalue weighted by atomic mass is 16.6. The summed E-state index contributed by atoms with van der Waals surface area (Å²) in [6.07, 6.45) is 1.43. The maximum absolute atomic E-state index is 12.2. The van der Waals surface area contributed by atoms with Crippen LogP contribution in [0, 0.1) is 22.0 Å². The van der Waals surface area contributed by atoms with Gasteiger partial charge in [-0.3, -0.25) is 14.9 Å². The average molecular weight is 457 g/mol. The minimum absolute atomic E-state index is 0.0416. The van der Waals surface area contributed by atoms with E-state index in [0.29, 0.717) is 28.9 Å². The zero-order chi connectivity index (χ0) is 24.4. The first-order chi connectivity index (χ1) is 15.7. The first kappa shape index (κ1) is 25.6. The summed E-state index contributed by atoms with van der Waals surface area (Å²) >= 11 is 0. The number of nitrogens with zero attached hydrogens (tertiary/aromatic N) is 3. The lowest BCUT2D eigenvalue weighted by molar-refractivity contribution is -0.384. The fraction of sp³-hybridized carbons (Fsp3) is 0.417. The summed E-state index contributed by atoms with van der Waals surface area (Å²) < 4.78 is 10.7. The third kappa shape index (κ3) is 8.10. The van der Waals surface area contributed by atoms with E-state index >= 15 is 0 Å². The van der Waals surface area contributed by atoms with Gasteiger partial charge in [-0.05, 0) is 30.0 Å². The summed E-state index contributed by atoms with van der Waals surface area (Å²) in [7, 11) is 1.52. The van der Waals surface area contributed by atoms with E-state index in [-0.39, 0.29) is 12.3 Å². The Morgan fingerprint density at radius 1 is 1.12 bits per heavy atom. The van der Waals surface area contributed by atoms with Crippen molar-refractivity contribution in [1.29, 1.82) is 0 Å². The number of nitro benzene ring substituents is 1. The van der Waals surface area contributed by atoms with Crippen LogP contribution in [0.3, 0.4) is 0 Å². The average Bonchev–Trinajstić information content (AvgIpc) is 2.76. The van der Waals surface area contributed by atoms with E-state index in [0.717, 1.165) is 18.8 Å². The second-order valence-corrected chi connectivity index (χ2v) is 8.43. The van der Waals surface area contributed by atoms with Gasteiger partial charge in [0.25, 0.3) is 11.6 Å². The zero-order valence-corrected chi connectivity index (χ0v) is 19.8. The fourth-order valence-electron chi connectivity index (χ4n) is 3.29. The van der Waals surface area contributed by atoms with Gasteiger partial charge in [0.2, 0.25) is 0 Å². The zero-order valence-electron chi connectivity index (χ0n) is 19.8. The van der Waals surface area contributed by atoms with Crippen LogP contribution in [0.1, 0.15) is 33.3 Å². The minimum atomic E-state index is -0.467. The molecular formula is C24H32N4O5. The lowest BCUT2D eigenvalue weighted by atomic mass is 10.1. The van der Waals surface area contributed by atoms with E-state index in [9.17, 15) is 14.9 Å². The number of methoxy groups -OCH3 is 1. The number of para-hydroxylation sites is 2. The Morgan fingerprint density at radius 2 is 1.76 bits per heavy atom. The van der Waals surface area contributed by atoms with Gasteiger partial charge in [-0.15, -0.1) is 0 Å². The summed E-state index contributed by atoms with van der Waals surface area (Å²) in [6.45, 7) is 9.80. The number of anilines is 1. The number of hydrogen-bond donors (Lipinski definition) is 1. The van der Waals surface area contributed by atoms with E-state index in [1.165, 1.54) is 25.5 Å². The van der Waals surface area contributed by atoms with Gasteiger partial charge in [0.05, 0.1) is 18.2 Å². The van der Waals surface area contributed by atoms with Crippen LogP contribution in [0.15, 0.2) is 47.6 Å². The second kappa shape index (κ2) is 12.4. The molecule has 0 bridgehead atoms. The first-order valence-corrected chi connectivity index (χ1v) is 10.8. The van der Waals surface area contributed by atoms with Gasteiger partial charge in [0.1, 0.15) is 0 Å². The molecule has 9 nitrogen and oxygen atoms in total. The van der Waals surface area contributed by atoms with Crippen LogP contribution in [-0.2, 0) is 4.79 Å². The molecule has 2 aromatic rings. The Hall–Kier alpha value is -3.62. The molecule has 0 heterocycles. The molecule has 1 N–H and O–H groups in total. The molecule has 0 aliphatic heterocycles. The number of non-ortho nitro benzene ring substituents is 1. The number of carbonyl (C=O) groups is 1. The lowest BCUT2D eigenvalue weighted by Crippen LogP contribution is -2.32. The number of amides is 1. The molecule has 9 heteroatoms. The van der Waals surface area contributed by atoms with Crippen molar-refractivity contribution < 1.29 is 19.2 Å². The van der Waals surface area contributed by atoms with Crippen molar-refractivity contribution in [2.24, 2.45) is 16.9 Å². The van der Waals surface area contributed by atoms with Crippen LogP contribution in [0.4, 0.5) is 11.4 Å². The Labute approximate surface area is 194 Å². The van der Waals surface area contributed by atoms with E-state index in [2.05, 4.69) is 43.1 Å². The molecule has 0 fully saturated rings. The third-order valence-corrected chi connectivity index (χ3v) is 4.55. The standard InChI is InChI=1S/C24H32N4O5/c1-17(2)14-27(15-18(3)4)21-11-10-20(28(30)31)12-19(21)13-25-26-24(29)16-33-23-9-7-6-8-22(23)32-5/h6-13,17-18H,14-16H2,1-5H3,(H,26,29)/b25-13+. The number of nitrogens with one attached hydrogen (secondary N) is 1. The number of ether oxygens (including phenoxy) is 2. The number of carbonyl (C=O) groups excluding carboxylic acids is 1. The number of hydrogen-bond acceptors (Lipinski definition) is 7. The molecule has 0 aliphatic carbocycles. The van der Waals surface area contributed by atoms with Crippen molar-refractivity contribution in [2.45, 2.75) is 27.7 Å². The Balaban J connectivity index is 2.16. The molecular weight excluding hydrogens is 424 g/mol. The highest BCUT2D eigenvalue weighted by molar-refractivity contribution is 5.90. The van der Waals surface area contributed by atoms with Gasteiger partial charge in [-0.1, -0.05) is 39.8 Å². The highest BCUT2D eigenvalue weighted by Gasteiger charge is 2.17. The van der Waals surface area contributed by atoms with Crippen molar-refractivity contribution >= 4 is 23.5 Å². The van der Waals surface area contributed by atoms with Crippen molar-refractivity contribution in [3.63, 3.8) is 0 Å². The topological polar surface area (TPSA) is 106 Å². The molecule has 33 heavy (non-hydrogen) atoms. The SMILES string of the molecule is COc1ccccc1OCC(=O)N/N=C/c1cc([N+](=O)[O-])ccc1N(CC(C)C)CC(C)C. The Morgan fingerprint density at radius 3 is 2.33 bits per heavy atom. The molecule has 2 rings (SSSR count). The first-order valence-electron chi connectivity index (χ1n) is 10.8. The number of hydrazone groups is 1. The highest BCUT2D eigenvalue weighted by Crippen LogP contribution is 2.27. The molecule has 0 radical (unpaired) electrons. The van der Waals surface area contributed by atoms with E-state index < -0.39 is 10.8 Å². The van der Waals surface area contributed by atoms with Gasteiger partial charge in [-0.25, -0.2) is 5.43 Å². The maximum atomic E-state index is 12.2. The van der Waals surface area contributed by atoms with Crippen molar-refractivity contribution in [2.75, 3.05) is 31.7 Å². The molecule has 2 aromatic carbocycles. The number of nitro groups is 1. The van der Waals surface area contributed by atoms with Crippen molar-refractivity contribution in [1.82, 2.24) is 5.43 Å². The summed E-state index contributed by atoms with van der Waals surface area (Å²) in [5.41, 5.74) is 3.75. The molecule has 0 unspecified atom stereocenters. The second-order valence-electron chi connectivity index (χ2n) is 8.43. The van der Waals surface area contributed by atoms with E-state index in [4.69, 9.17) is 9.47 Å². The van der Waals surface area contributed by atoms with Gasteiger partial charge in [-0.2, -0.15) is 5.10 Å². The lowest BCUT2D eigenvalue weighted by Gasteiger charge is -2.29. The fourth-order valence-corrected chi connectivity index (χ4v) is 3.29. The monoisotopic (exact) mass is 456 g/mol. The predicted octanol–water partition coefficient (Wildman–Crippen LogP) is 4.25. The van der Waals surface area contributed by atoms with E-state index in [1.807, 2.05) is 0 Å². The normalized spacial score (nSPS) is 11.1. The van der Waals surface area contributed by atoms with Crippen LogP contribution < -0.4 is 19.8 Å². The van der Waals surface area contributed by atoms with Gasteiger partial charge >= 0.3 is 0 Å². The summed E-state index contributed by atoms with van der Waals surface area (Å²) in [4.78, 5) is 25.2. The van der Waals surface area contributed by atoms with Crippen LogP contribution >= 0.6 is 0 Å². The van der Waals surface area contributed by atoms with Crippen LogP contribution in [0.2, 0.25) is 0 Å². The predicted molar refractivity (Wildman–Crippen MR) is 129 cm³/mol. The van der Waals surface area contributed by atoms with Gasteiger partial charge in [0.15, 0.2) is 18.1 Å². The number of rotatable bonds is 12. The summed E-state index contributed by atoms with van der Waals surface area (Å²) in [6, 6.07) is 11.7. The molecule has 1 amide bonds. The molecule has 0 aromatic heterocycles. The van der Waals surface area contributed by atoms with Crippen LogP contribution in [-0.4, -0.2) is 43.9 Å².